The lowest BCUT2D eigenvalue weighted by Crippen LogP contribution is -2.34. The van der Waals surface area contributed by atoms with Crippen LogP contribution in [0.15, 0.2) is 78.2 Å². The molecule has 0 aliphatic carbocycles. The van der Waals surface area contributed by atoms with Gasteiger partial charge in [-0.15, -0.1) is 11.3 Å². The van der Waals surface area contributed by atoms with E-state index in [0.717, 1.165) is 10.8 Å². The summed E-state index contributed by atoms with van der Waals surface area (Å²) < 4.78 is 0. The zero-order valence-electron chi connectivity index (χ0n) is 16.0. The average molecular weight is 466 g/mol. The number of anilines is 2. The number of amides is 2. The molecule has 154 valence electrons. The lowest BCUT2D eigenvalue weighted by Gasteiger charge is -2.12. The zero-order chi connectivity index (χ0) is 21.8. The number of carbonyl (C=O) groups excluding carboxylic acids is 2. The molecular weight excluding hydrogens is 450 g/mol. The summed E-state index contributed by atoms with van der Waals surface area (Å²) in [6.07, 6.45) is 0. The number of hydrogen-bond acceptors (Lipinski definition) is 4. The molecule has 0 aliphatic rings. The number of rotatable bonds is 4. The van der Waals surface area contributed by atoms with Gasteiger partial charge in [-0.25, -0.2) is 0 Å². The first kappa shape index (κ1) is 21.0. The Kier molecular flexibility index (Phi) is 6.27. The molecule has 0 fully saturated rings. The first-order valence-corrected chi connectivity index (χ1v) is 10.9. The molecule has 5 nitrogen and oxygen atoms in total. The molecular formula is C23H16ClN3O2S2. The number of thiophene rings is 1. The van der Waals surface area contributed by atoms with E-state index in [2.05, 4.69) is 16.0 Å². The van der Waals surface area contributed by atoms with Gasteiger partial charge < -0.3 is 10.6 Å². The van der Waals surface area contributed by atoms with Crippen molar-refractivity contribution < 1.29 is 9.59 Å². The average Bonchev–Trinajstić information content (AvgIpc) is 3.30. The number of nitrogens with one attached hydrogen (secondary N) is 3. The lowest BCUT2D eigenvalue weighted by molar-refractivity contribution is 0.0978. The van der Waals surface area contributed by atoms with Gasteiger partial charge in [0, 0.05) is 27.3 Å². The van der Waals surface area contributed by atoms with Crippen molar-refractivity contribution in [3.05, 3.63) is 93.6 Å². The summed E-state index contributed by atoms with van der Waals surface area (Å²) in [5.41, 5.74) is 1.82. The van der Waals surface area contributed by atoms with E-state index in [1.54, 1.807) is 54.6 Å². The van der Waals surface area contributed by atoms with E-state index in [1.807, 2.05) is 23.6 Å². The molecule has 3 N–H and O–H groups in total. The zero-order valence-corrected chi connectivity index (χ0v) is 18.4. The first-order chi connectivity index (χ1) is 15.0. The minimum atomic E-state index is -0.329. The predicted octanol–water partition coefficient (Wildman–Crippen LogP) is 5.93. The number of thiocarbonyl (C=S) groups is 1. The van der Waals surface area contributed by atoms with Gasteiger partial charge in [0.2, 0.25) is 0 Å². The van der Waals surface area contributed by atoms with Crippen LogP contribution < -0.4 is 16.0 Å². The van der Waals surface area contributed by atoms with Crippen molar-refractivity contribution in [3.8, 4) is 0 Å². The van der Waals surface area contributed by atoms with Gasteiger partial charge in [0.1, 0.15) is 0 Å². The number of benzene rings is 3. The van der Waals surface area contributed by atoms with E-state index in [1.165, 1.54) is 11.3 Å². The Bertz CT molecular complexity index is 1270. The summed E-state index contributed by atoms with van der Waals surface area (Å²) in [7, 11) is 0. The Morgan fingerprint density at radius 3 is 2.16 bits per heavy atom. The molecule has 0 unspecified atom stereocenters. The van der Waals surface area contributed by atoms with E-state index < -0.39 is 0 Å². The van der Waals surface area contributed by atoms with Crippen LogP contribution in [-0.2, 0) is 0 Å². The predicted molar refractivity (Wildman–Crippen MR) is 131 cm³/mol. The highest BCUT2D eigenvalue weighted by Gasteiger charge is 2.13. The Hall–Kier alpha value is -3.26. The van der Waals surface area contributed by atoms with Gasteiger partial charge in [-0.05, 0) is 65.4 Å². The van der Waals surface area contributed by atoms with Gasteiger partial charge in [0.15, 0.2) is 5.11 Å². The smallest absolute Gasteiger partial charge is 0.265 e. The molecule has 0 aliphatic heterocycles. The molecule has 4 aromatic rings. The van der Waals surface area contributed by atoms with Crippen molar-refractivity contribution in [1.29, 1.82) is 0 Å². The Morgan fingerprint density at radius 1 is 0.774 bits per heavy atom. The molecule has 0 saturated carbocycles. The topological polar surface area (TPSA) is 70.2 Å². The van der Waals surface area contributed by atoms with Crippen molar-refractivity contribution in [1.82, 2.24) is 5.32 Å². The highest BCUT2D eigenvalue weighted by Crippen LogP contribution is 2.26. The largest absolute Gasteiger partial charge is 0.332 e. The van der Waals surface area contributed by atoms with E-state index in [-0.39, 0.29) is 16.9 Å². The molecule has 0 saturated heterocycles. The van der Waals surface area contributed by atoms with Gasteiger partial charge >= 0.3 is 0 Å². The van der Waals surface area contributed by atoms with Gasteiger partial charge in [-0.3, -0.25) is 14.9 Å². The molecule has 3 aromatic carbocycles. The molecule has 0 atom stereocenters. The van der Waals surface area contributed by atoms with Crippen molar-refractivity contribution in [2.75, 3.05) is 10.6 Å². The third-order valence-corrected chi connectivity index (χ3v) is 5.89. The van der Waals surface area contributed by atoms with Gasteiger partial charge in [-0.1, -0.05) is 41.9 Å². The fraction of sp³-hybridized carbons (Fsp3) is 0. The molecule has 0 spiro atoms. The summed E-state index contributed by atoms with van der Waals surface area (Å²) in [6.45, 7) is 0. The van der Waals surface area contributed by atoms with Crippen molar-refractivity contribution in [2.24, 2.45) is 0 Å². The summed E-state index contributed by atoms with van der Waals surface area (Å²) in [5.74, 6) is -0.487. The highest BCUT2D eigenvalue weighted by atomic mass is 35.5. The molecule has 0 radical (unpaired) electrons. The Labute approximate surface area is 193 Å². The number of halogens is 1. The van der Waals surface area contributed by atoms with Gasteiger partial charge in [0.25, 0.3) is 11.8 Å². The fourth-order valence-corrected chi connectivity index (χ4v) is 4.11. The van der Waals surface area contributed by atoms with Crippen LogP contribution in [0.2, 0.25) is 5.02 Å². The van der Waals surface area contributed by atoms with E-state index >= 15 is 0 Å². The highest BCUT2D eigenvalue weighted by molar-refractivity contribution is 7.80. The number of carbonyl (C=O) groups is 2. The van der Waals surface area contributed by atoms with Crippen molar-refractivity contribution in [3.63, 3.8) is 0 Å². The van der Waals surface area contributed by atoms with Crippen LogP contribution in [0.25, 0.3) is 10.8 Å². The molecule has 0 bridgehead atoms. The summed E-state index contributed by atoms with van der Waals surface area (Å²) in [4.78, 5) is 25.5. The lowest BCUT2D eigenvalue weighted by atomic mass is 10.0. The van der Waals surface area contributed by atoms with Crippen LogP contribution in [-0.4, -0.2) is 16.9 Å². The summed E-state index contributed by atoms with van der Waals surface area (Å²) in [5, 5.41) is 12.6. The molecule has 2 amide bonds. The fourth-order valence-electron chi connectivity index (χ4n) is 3.04. The van der Waals surface area contributed by atoms with Crippen LogP contribution in [0.4, 0.5) is 11.4 Å². The quantitative estimate of drug-likeness (QED) is 0.326. The van der Waals surface area contributed by atoms with E-state index in [0.29, 0.717) is 26.8 Å². The second-order valence-electron chi connectivity index (χ2n) is 6.56. The maximum absolute atomic E-state index is 12.7. The first-order valence-electron chi connectivity index (χ1n) is 9.26. The summed E-state index contributed by atoms with van der Waals surface area (Å²) >= 11 is 12.9. The molecule has 1 heterocycles. The number of fused-ring (bicyclic) bond motifs is 1. The summed E-state index contributed by atoms with van der Waals surface area (Å²) in [6, 6.07) is 21.4. The van der Waals surface area contributed by atoms with Crippen LogP contribution in [0.5, 0.6) is 0 Å². The SMILES string of the molecule is O=C(Nc1ccc(NC(=S)NC(=O)c2cccc3c(Cl)cccc23)cc1)c1cccs1. The monoisotopic (exact) mass is 465 g/mol. The van der Waals surface area contributed by atoms with E-state index in [4.69, 9.17) is 23.8 Å². The Balaban J connectivity index is 1.39. The second kappa shape index (κ2) is 9.26. The maximum atomic E-state index is 12.7. The van der Waals surface area contributed by atoms with Crippen LogP contribution >= 0.6 is 35.2 Å². The van der Waals surface area contributed by atoms with Gasteiger partial charge in [-0.2, -0.15) is 0 Å². The van der Waals surface area contributed by atoms with Crippen LogP contribution in [0.3, 0.4) is 0 Å². The molecule has 8 heteroatoms. The molecule has 1 aromatic heterocycles. The second-order valence-corrected chi connectivity index (χ2v) is 8.32. The minimum Gasteiger partial charge on any atom is -0.332 e. The molecule has 4 rings (SSSR count). The third kappa shape index (κ3) is 4.91. The minimum absolute atomic E-state index is 0.159. The van der Waals surface area contributed by atoms with Crippen molar-refractivity contribution in [2.45, 2.75) is 0 Å². The van der Waals surface area contributed by atoms with Gasteiger partial charge in [0.05, 0.1) is 4.88 Å². The van der Waals surface area contributed by atoms with Crippen LogP contribution in [0.1, 0.15) is 20.0 Å². The standard InChI is InChI=1S/C23H16ClN3O2S2/c24-19-7-2-4-16-17(19)5-1-6-18(16)21(28)27-23(30)26-15-11-9-14(10-12-15)25-22(29)20-8-3-13-31-20/h1-13H,(H,25,29)(H2,26,27,28,30). The maximum Gasteiger partial charge on any atom is 0.265 e. The van der Waals surface area contributed by atoms with Crippen LogP contribution in [0, 0.1) is 0 Å². The third-order valence-electron chi connectivity index (χ3n) is 4.49. The number of hydrogen-bond donors (Lipinski definition) is 3. The molecule has 31 heavy (non-hydrogen) atoms. The van der Waals surface area contributed by atoms with E-state index in [9.17, 15) is 9.59 Å². The normalized spacial score (nSPS) is 10.5. The van der Waals surface area contributed by atoms with Crippen molar-refractivity contribution >= 4 is 74.2 Å². The Morgan fingerprint density at radius 2 is 1.45 bits per heavy atom.